The minimum absolute atomic E-state index is 0.385. The van der Waals surface area contributed by atoms with E-state index in [-0.39, 0.29) is 0 Å². The third-order valence-corrected chi connectivity index (χ3v) is 1.17. The van der Waals surface area contributed by atoms with Crippen LogP contribution in [0.1, 0.15) is 19.5 Å². The van der Waals surface area contributed by atoms with Crippen LogP contribution in [0.25, 0.3) is 0 Å². The first-order valence-electron chi connectivity index (χ1n) is 4.22. The number of aromatic nitrogens is 1. The highest BCUT2D eigenvalue weighted by Gasteiger charge is 1.92. The van der Waals surface area contributed by atoms with E-state index in [9.17, 15) is 4.79 Å². The Morgan fingerprint density at radius 2 is 2.23 bits per heavy atom. The standard InChI is InChI=1S/C7H9N3O.C2H6/c8-7(11)10-5-6-3-1-2-4-9-6;1-2/h1-4H,5H2,(H3,8,10,11);1-2H3. The lowest BCUT2D eigenvalue weighted by atomic mass is 10.3. The Bertz CT molecular complexity index is 236. The van der Waals surface area contributed by atoms with E-state index in [0.717, 1.165) is 5.69 Å². The summed E-state index contributed by atoms with van der Waals surface area (Å²) in [5.41, 5.74) is 5.66. The van der Waals surface area contributed by atoms with Crippen molar-refractivity contribution in [2.45, 2.75) is 20.4 Å². The predicted octanol–water partition coefficient (Wildman–Crippen LogP) is 1.28. The molecule has 3 N–H and O–H groups in total. The quantitative estimate of drug-likeness (QED) is 0.721. The molecule has 4 heteroatoms. The first-order valence-corrected chi connectivity index (χ1v) is 4.22. The zero-order valence-electron chi connectivity index (χ0n) is 7.95. The second kappa shape index (κ2) is 7.09. The van der Waals surface area contributed by atoms with Gasteiger partial charge in [-0.3, -0.25) is 4.98 Å². The monoisotopic (exact) mass is 181 g/mol. The third kappa shape index (κ3) is 5.66. The summed E-state index contributed by atoms with van der Waals surface area (Å²) in [6.45, 7) is 4.39. The molecule has 1 aromatic heterocycles. The van der Waals surface area contributed by atoms with Crippen molar-refractivity contribution in [2.75, 3.05) is 0 Å². The van der Waals surface area contributed by atoms with Gasteiger partial charge in [-0.25, -0.2) is 4.79 Å². The molecule has 0 aliphatic rings. The van der Waals surface area contributed by atoms with E-state index >= 15 is 0 Å². The van der Waals surface area contributed by atoms with Gasteiger partial charge in [-0.05, 0) is 12.1 Å². The molecule has 0 fully saturated rings. The number of hydrogen-bond donors (Lipinski definition) is 2. The highest BCUT2D eigenvalue weighted by molar-refractivity contribution is 5.71. The van der Waals surface area contributed by atoms with Crippen molar-refractivity contribution in [3.8, 4) is 0 Å². The highest BCUT2D eigenvalue weighted by Crippen LogP contribution is 1.90. The Kier molecular flexibility index (Phi) is 6.23. The summed E-state index contributed by atoms with van der Waals surface area (Å²) < 4.78 is 0. The van der Waals surface area contributed by atoms with Crippen LogP contribution in [0.5, 0.6) is 0 Å². The van der Waals surface area contributed by atoms with E-state index in [0.29, 0.717) is 6.54 Å². The zero-order valence-corrected chi connectivity index (χ0v) is 7.95. The van der Waals surface area contributed by atoms with E-state index < -0.39 is 6.03 Å². The zero-order chi connectivity index (χ0) is 10.1. The van der Waals surface area contributed by atoms with Gasteiger partial charge in [0.25, 0.3) is 0 Å². The fourth-order valence-electron chi connectivity index (χ4n) is 0.680. The van der Waals surface area contributed by atoms with Crippen LogP contribution in [-0.4, -0.2) is 11.0 Å². The summed E-state index contributed by atoms with van der Waals surface area (Å²) in [4.78, 5) is 14.2. The number of carbonyl (C=O) groups is 1. The second-order valence-electron chi connectivity index (χ2n) is 2.04. The molecule has 0 aromatic carbocycles. The second-order valence-corrected chi connectivity index (χ2v) is 2.04. The van der Waals surface area contributed by atoms with E-state index in [2.05, 4.69) is 10.3 Å². The summed E-state index contributed by atoms with van der Waals surface area (Å²) in [7, 11) is 0. The van der Waals surface area contributed by atoms with E-state index in [1.807, 2.05) is 32.0 Å². The molecule has 0 radical (unpaired) electrons. The van der Waals surface area contributed by atoms with Crippen LogP contribution >= 0.6 is 0 Å². The van der Waals surface area contributed by atoms with Crippen molar-refractivity contribution in [3.05, 3.63) is 30.1 Å². The normalized spacial score (nSPS) is 8.15. The van der Waals surface area contributed by atoms with Crippen LogP contribution in [0.2, 0.25) is 0 Å². The predicted molar refractivity (Wildman–Crippen MR) is 52.0 cm³/mol. The van der Waals surface area contributed by atoms with Crippen molar-refractivity contribution in [3.63, 3.8) is 0 Å². The smallest absolute Gasteiger partial charge is 0.312 e. The lowest BCUT2D eigenvalue weighted by Crippen LogP contribution is -2.28. The van der Waals surface area contributed by atoms with Gasteiger partial charge in [0.2, 0.25) is 0 Å². The largest absolute Gasteiger partial charge is 0.352 e. The fraction of sp³-hybridized carbons (Fsp3) is 0.333. The molecule has 0 aliphatic heterocycles. The number of nitrogens with two attached hydrogens (primary N) is 1. The summed E-state index contributed by atoms with van der Waals surface area (Å²) in [6, 6.07) is 4.95. The Hall–Kier alpha value is -1.58. The number of hydrogen-bond acceptors (Lipinski definition) is 2. The van der Waals surface area contributed by atoms with E-state index in [1.165, 1.54) is 0 Å². The van der Waals surface area contributed by atoms with Crippen LogP contribution in [-0.2, 0) is 6.54 Å². The maximum Gasteiger partial charge on any atom is 0.312 e. The topological polar surface area (TPSA) is 68.0 Å². The van der Waals surface area contributed by atoms with Crippen molar-refractivity contribution in [2.24, 2.45) is 5.73 Å². The number of amides is 2. The highest BCUT2D eigenvalue weighted by atomic mass is 16.2. The molecule has 1 heterocycles. The van der Waals surface area contributed by atoms with Crippen molar-refractivity contribution in [1.29, 1.82) is 0 Å². The number of carbonyl (C=O) groups excluding carboxylic acids is 1. The molecule has 0 saturated heterocycles. The van der Waals surface area contributed by atoms with Crippen LogP contribution in [0, 0.1) is 0 Å². The molecule has 13 heavy (non-hydrogen) atoms. The molecule has 0 bridgehead atoms. The molecule has 4 nitrogen and oxygen atoms in total. The number of urea groups is 1. The molecule has 72 valence electrons. The van der Waals surface area contributed by atoms with Gasteiger partial charge in [-0.1, -0.05) is 19.9 Å². The molecule has 1 aromatic rings. The molecule has 1 rings (SSSR count). The average molecular weight is 181 g/mol. The number of nitrogens with one attached hydrogen (secondary N) is 1. The molecule has 0 unspecified atom stereocenters. The number of rotatable bonds is 2. The average Bonchev–Trinajstić information content (AvgIpc) is 2.19. The van der Waals surface area contributed by atoms with Crippen molar-refractivity contribution < 1.29 is 4.79 Å². The summed E-state index contributed by atoms with van der Waals surface area (Å²) in [5.74, 6) is 0. The molecule has 0 aliphatic carbocycles. The Morgan fingerprint density at radius 3 is 2.69 bits per heavy atom. The maximum absolute atomic E-state index is 10.3. The minimum Gasteiger partial charge on any atom is -0.352 e. The first-order chi connectivity index (χ1) is 6.29. The fourth-order valence-corrected chi connectivity index (χ4v) is 0.680. The van der Waals surface area contributed by atoms with Gasteiger partial charge >= 0.3 is 6.03 Å². The van der Waals surface area contributed by atoms with Gasteiger partial charge in [0.15, 0.2) is 0 Å². The maximum atomic E-state index is 10.3. The molecule has 2 amide bonds. The van der Waals surface area contributed by atoms with Crippen LogP contribution < -0.4 is 11.1 Å². The van der Waals surface area contributed by atoms with Crippen molar-refractivity contribution in [1.82, 2.24) is 10.3 Å². The van der Waals surface area contributed by atoms with Gasteiger partial charge < -0.3 is 11.1 Å². The Morgan fingerprint density at radius 1 is 1.54 bits per heavy atom. The Labute approximate surface area is 78.2 Å². The summed E-state index contributed by atoms with van der Waals surface area (Å²) in [6.07, 6.45) is 1.66. The summed E-state index contributed by atoms with van der Waals surface area (Å²) in [5, 5.41) is 2.44. The first kappa shape index (κ1) is 11.4. The SMILES string of the molecule is CC.NC(=O)NCc1ccccn1. The van der Waals surface area contributed by atoms with Gasteiger partial charge in [-0.15, -0.1) is 0 Å². The van der Waals surface area contributed by atoms with Gasteiger partial charge in [0, 0.05) is 6.20 Å². The number of nitrogens with zero attached hydrogens (tertiary/aromatic N) is 1. The molecule has 0 saturated carbocycles. The van der Waals surface area contributed by atoms with Gasteiger partial charge in [0.1, 0.15) is 0 Å². The lowest BCUT2D eigenvalue weighted by molar-refractivity contribution is 0.248. The van der Waals surface area contributed by atoms with Crippen LogP contribution in [0.3, 0.4) is 0 Å². The minimum atomic E-state index is -0.532. The molecular weight excluding hydrogens is 166 g/mol. The van der Waals surface area contributed by atoms with Crippen molar-refractivity contribution >= 4 is 6.03 Å². The molecule has 0 spiro atoms. The molecule has 0 atom stereocenters. The lowest BCUT2D eigenvalue weighted by Gasteiger charge is -1.98. The van der Waals surface area contributed by atoms with Crippen LogP contribution in [0.4, 0.5) is 4.79 Å². The van der Waals surface area contributed by atoms with Gasteiger partial charge in [-0.2, -0.15) is 0 Å². The summed E-state index contributed by atoms with van der Waals surface area (Å²) >= 11 is 0. The Balaban J connectivity index is 0.000000671. The van der Waals surface area contributed by atoms with E-state index in [1.54, 1.807) is 6.20 Å². The van der Waals surface area contributed by atoms with E-state index in [4.69, 9.17) is 5.73 Å². The number of primary amides is 1. The van der Waals surface area contributed by atoms with Crippen LogP contribution in [0.15, 0.2) is 24.4 Å². The third-order valence-electron chi connectivity index (χ3n) is 1.17. The number of pyridine rings is 1. The van der Waals surface area contributed by atoms with Gasteiger partial charge in [0.05, 0.1) is 12.2 Å². The molecular formula is C9H15N3O.